The summed E-state index contributed by atoms with van der Waals surface area (Å²) in [6.07, 6.45) is -2.51. The standard InChI is InChI=1S/C14H11F2NO3/c15-13(16)9-1-5-11(6-2-9)20-12-7-3-10(4-8-12)14(18)17-19/h1-8,13,19H,(H,17,18). The lowest BCUT2D eigenvalue weighted by Crippen LogP contribution is -2.18. The van der Waals surface area contributed by atoms with Gasteiger partial charge >= 0.3 is 0 Å². The summed E-state index contributed by atoms with van der Waals surface area (Å²) in [6.45, 7) is 0. The quantitative estimate of drug-likeness (QED) is 0.665. The molecular weight excluding hydrogens is 268 g/mol. The summed E-state index contributed by atoms with van der Waals surface area (Å²) < 4.78 is 30.2. The molecule has 104 valence electrons. The van der Waals surface area contributed by atoms with Crippen LogP contribution in [0.15, 0.2) is 48.5 Å². The van der Waals surface area contributed by atoms with Gasteiger partial charge in [-0.15, -0.1) is 0 Å². The van der Waals surface area contributed by atoms with Crippen LogP contribution in [0.5, 0.6) is 11.5 Å². The first-order chi connectivity index (χ1) is 9.60. The Balaban J connectivity index is 2.08. The predicted molar refractivity (Wildman–Crippen MR) is 67.2 cm³/mol. The molecule has 2 aromatic rings. The van der Waals surface area contributed by atoms with Crippen molar-refractivity contribution in [2.24, 2.45) is 0 Å². The normalized spacial score (nSPS) is 10.4. The highest BCUT2D eigenvalue weighted by atomic mass is 19.3. The molecule has 2 rings (SSSR count). The first-order valence-electron chi connectivity index (χ1n) is 5.70. The van der Waals surface area contributed by atoms with E-state index in [1.165, 1.54) is 54.0 Å². The molecule has 0 saturated carbocycles. The van der Waals surface area contributed by atoms with Crippen molar-refractivity contribution >= 4 is 5.91 Å². The third-order valence-corrected chi connectivity index (χ3v) is 2.59. The zero-order chi connectivity index (χ0) is 14.5. The van der Waals surface area contributed by atoms with E-state index in [2.05, 4.69) is 0 Å². The lowest BCUT2D eigenvalue weighted by Gasteiger charge is -2.07. The summed E-state index contributed by atoms with van der Waals surface area (Å²) in [4.78, 5) is 11.1. The van der Waals surface area contributed by atoms with Gasteiger partial charge in [0.2, 0.25) is 0 Å². The van der Waals surface area contributed by atoms with Gasteiger partial charge in [0.15, 0.2) is 0 Å². The van der Waals surface area contributed by atoms with Crippen molar-refractivity contribution < 1.29 is 23.5 Å². The van der Waals surface area contributed by atoms with Gasteiger partial charge < -0.3 is 4.74 Å². The molecule has 0 bridgehead atoms. The van der Waals surface area contributed by atoms with Crippen molar-refractivity contribution in [2.45, 2.75) is 6.43 Å². The lowest BCUT2D eigenvalue weighted by atomic mass is 10.2. The number of rotatable bonds is 4. The SMILES string of the molecule is O=C(NO)c1ccc(Oc2ccc(C(F)F)cc2)cc1. The number of amides is 1. The summed E-state index contributed by atoms with van der Waals surface area (Å²) in [6, 6.07) is 11.5. The molecule has 0 heterocycles. The molecule has 4 nitrogen and oxygen atoms in total. The van der Waals surface area contributed by atoms with E-state index < -0.39 is 12.3 Å². The van der Waals surface area contributed by atoms with Gasteiger partial charge in [0.05, 0.1) is 0 Å². The maximum absolute atomic E-state index is 12.4. The van der Waals surface area contributed by atoms with Crippen LogP contribution in [0.25, 0.3) is 0 Å². The minimum Gasteiger partial charge on any atom is -0.457 e. The highest BCUT2D eigenvalue weighted by molar-refractivity contribution is 5.93. The van der Waals surface area contributed by atoms with Crippen molar-refractivity contribution in [1.29, 1.82) is 0 Å². The predicted octanol–water partition coefficient (Wildman–Crippen LogP) is 3.54. The van der Waals surface area contributed by atoms with Gasteiger partial charge in [-0.25, -0.2) is 14.3 Å². The number of benzene rings is 2. The molecule has 0 spiro atoms. The van der Waals surface area contributed by atoms with E-state index in [-0.39, 0.29) is 11.1 Å². The second kappa shape index (κ2) is 6.12. The van der Waals surface area contributed by atoms with Crippen LogP contribution in [0.4, 0.5) is 8.78 Å². The molecule has 0 fully saturated rings. The molecule has 0 aromatic heterocycles. The van der Waals surface area contributed by atoms with Crippen LogP contribution in [-0.2, 0) is 0 Å². The van der Waals surface area contributed by atoms with Crippen LogP contribution in [-0.4, -0.2) is 11.1 Å². The average molecular weight is 279 g/mol. The number of halogens is 2. The maximum Gasteiger partial charge on any atom is 0.274 e. The fraction of sp³-hybridized carbons (Fsp3) is 0.0714. The van der Waals surface area contributed by atoms with Crippen LogP contribution in [0.3, 0.4) is 0 Å². The molecule has 2 N–H and O–H groups in total. The van der Waals surface area contributed by atoms with Crippen molar-refractivity contribution in [1.82, 2.24) is 5.48 Å². The lowest BCUT2D eigenvalue weighted by molar-refractivity contribution is 0.0706. The van der Waals surface area contributed by atoms with Gasteiger partial charge in [-0.3, -0.25) is 10.0 Å². The third kappa shape index (κ3) is 3.30. The van der Waals surface area contributed by atoms with Gasteiger partial charge in [-0.05, 0) is 48.5 Å². The first kappa shape index (κ1) is 14.0. The van der Waals surface area contributed by atoms with Crippen molar-refractivity contribution in [3.8, 4) is 11.5 Å². The molecule has 0 atom stereocenters. The molecule has 6 heteroatoms. The van der Waals surface area contributed by atoms with E-state index in [0.717, 1.165) is 0 Å². The Labute approximate surface area is 113 Å². The Morgan fingerprint density at radius 3 is 1.95 bits per heavy atom. The van der Waals surface area contributed by atoms with E-state index in [0.29, 0.717) is 11.5 Å². The van der Waals surface area contributed by atoms with Crippen molar-refractivity contribution in [2.75, 3.05) is 0 Å². The second-order valence-electron chi connectivity index (χ2n) is 3.94. The highest BCUT2D eigenvalue weighted by Crippen LogP contribution is 2.25. The van der Waals surface area contributed by atoms with E-state index in [1.807, 2.05) is 0 Å². The Morgan fingerprint density at radius 2 is 1.50 bits per heavy atom. The van der Waals surface area contributed by atoms with Crippen LogP contribution < -0.4 is 10.2 Å². The number of hydrogen-bond acceptors (Lipinski definition) is 3. The monoisotopic (exact) mass is 279 g/mol. The zero-order valence-electron chi connectivity index (χ0n) is 10.2. The number of carbonyl (C=O) groups is 1. The Kier molecular flexibility index (Phi) is 4.27. The molecule has 0 aliphatic heterocycles. The largest absolute Gasteiger partial charge is 0.457 e. The Bertz CT molecular complexity index is 582. The fourth-order valence-electron chi connectivity index (χ4n) is 1.56. The maximum atomic E-state index is 12.4. The van der Waals surface area contributed by atoms with Gasteiger partial charge in [-0.2, -0.15) is 0 Å². The van der Waals surface area contributed by atoms with Crippen LogP contribution in [0.1, 0.15) is 22.3 Å². The number of nitrogens with one attached hydrogen (secondary N) is 1. The second-order valence-corrected chi connectivity index (χ2v) is 3.94. The number of alkyl halides is 2. The van der Waals surface area contributed by atoms with Gasteiger partial charge in [0, 0.05) is 11.1 Å². The van der Waals surface area contributed by atoms with Crippen LogP contribution >= 0.6 is 0 Å². The van der Waals surface area contributed by atoms with E-state index >= 15 is 0 Å². The van der Waals surface area contributed by atoms with E-state index in [4.69, 9.17) is 9.94 Å². The number of hydroxylamine groups is 1. The molecule has 2 aromatic carbocycles. The molecule has 0 unspecified atom stereocenters. The smallest absolute Gasteiger partial charge is 0.274 e. The Hall–Kier alpha value is -2.47. The van der Waals surface area contributed by atoms with Gasteiger partial charge in [0.1, 0.15) is 11.5 Å². The number of carbonyl (C=O) groups excluding carboxylic acids is 1. The number of hydrogen-bond donors (Lipinski definition) is 2. The van der Waals surface area contributed by atoms with Gasteiger partial charge in [0.25, 0.3) is 12.3 Å². The molecule has 0 radical (unpaired) electrons. The fourth-order valence-corrected chi connectivity index (χ4v) is 1.56. The summed E-state index contributed by atoms with van der Waals surface area (Å²) in [7, 11) is 0. The minimum absolute atomic E-state index is 0.0766. The molecule has 0 aliphatic rings. The van der Waals surface area contributed by atoms with Crippen LogP contribution in [0.2, 0.25) is 0 Å². The molecule has 0 aliphatic carbocycles. The zero-order valence-corrected chi connectivity index (χ0v) is 10.2. The topological polar surface area (TPSA) is 58.6 Å². The Morgan fingerprint density at radius 1 is 1.00 bits per heavy atom. The molecular formula is C14H11F2NO3. The molecule has 20 heavy (non-hydrogen) atoms. The van der Waals surface area contributed by atoms with Crippen molar-refractivity contribution in [3.05, 3.63) is 59.7 Å². The summed E-state index contributed by atoms with van der Waals surface area (Å²) in [5, 5.41) is 8.47. The summed E-state index contributed by atoms with van der Waals surface area (Å²) in [5.74, 6) is 0.232. The first-order valence-corrected chi connectivity index (χ1v) is 5.70. The van der Waals surface area contributed by atoms with Gasteiger partial charge in [-0.1, -0.05) is 0 Å². The van der Waals surface area contributed by atoms with Crippen LogP contribution in [0, 0.1) is 0 Å². The van der Waals surface area contributed by atoms with E-state index in [1.54, 1.807) is 0 Å². The summed E-state index contributed by atoms with van der Waals surface area (Å²) in [5.41, 5.74) is 1.71. The van der Waals surface area contributed by atoms with E-state index in [9.17, 15) is 13.6 Å². The highest BCUT2D eigenvalue weighted by Gasteiger charge is 2.07. The minimum atomic E-state index is -2.51. The molecule has 0 saturated heterocycles. The summed E-state index contributed by atoms with van der Waals surface area (Å²) >= 11 is 0. The molecule has 1 amide bonds. The third-order valence-electron chi connectivity index (χ3n) is 2.59. The average Bonchev–Trinajstić information content (AvgIpc) is 2.48. The number of ether oxygens (including phenoxy) is 1. The van der Waals surface area contributed by atoms with Crippen molar-refractivity contribution in [3.63, 3.8) is 0 Å².